The molecular formula is C9H16N4S. The lowest BCUT2D eigenvalue weighted by Crippen LogP contribution is -2.37. The highest BCUT2D eigenvalue weighted by Gasteiger charge is 2.21. The first kappa shape index (κ1) is 9.83. The van der Waals surface area contributed by atoms with Crippen molar-refractivity contribution in [1.29, 1.82) is 0 Å². The molecule has 0 amide bonds. The van der Waals surface area contributed by atoms with Crippen LogP contribution in [0.1, 0.15) is 32.1 Å². The van der Waals surface area contributed by atoms with Crippen LogP contribution in [0.5, 0.6) is 0 Å². The molecule has 0 unspecified atom stereocenters. The van der Waals surface area contributed by atoms with Gasteiger partial charge in [-0.3, -0.25) is 10.9 Å². The van der Waals surface area contributed by atoms with Gasteiger partial charge < -0.3 is 0 Å². The standard InChI is InChI=1S/C9H16N4S/c1-14-9-12-10-8(11-13-9)7-5-3-2-4-6-7/h7H,2-6H2,1H3,(H,10,11)(H,12,13). The first-order valence-corrected chi connectivity index (χ1v) is 6.34. The molecular weight excluding hydrogens is 196 g/mol. The van der Waals surface area contributed by atoms with Gasteiger partial charge in [-0.1, -0.05) is 31.0 Å². The van der Waals surface area contributed by atoms with Crippen molar-refractivity contribution in [1.82, 2.24) is 10.9 Å². The summed E-state index contributed by atoms with van der Waals surface area (Å²) in [6.07, 6.45) is 8.50. The summed E-state index contributed by atoms with van der Waals surface area (Å²) < 4.78 is 0. The second-order valence-corrected chi connectivity index (χ2v) is 4.47. The number of thioether (sulfide) groups is 1. The molecule has 0 aromatic carbocycles. The Labute approximate surface area is 88.6 Å². The molecule has 1 heterocycles. The van der Waals surface area contributed by atoms with Gasteiger partial charge in [-0.2, -0.15) is 5.10 Å². The van der Waals surface area contributed by atoms with E-state index in [1.807, 2.05) is 6.26 Å². The smallest absolute Gasteiger partial charge is 0.200 e. The molecule has 1 aliphatic carbocycles. The van der Waals surface area contributed by atoms with Crippen LogP contribution in [0.25, 0.3) is 0 Å². The molecule has 0 bridgehead atoms. The van der Waals surface area contributed by atoms with E-state index >= 15 is 0 Å². The summed E-state index contributed by atoms with van der Waals surface area (Å²) in [5.41, 5.74) is 6.00. The van der Waals surface area contributed by atoms with E-state index in [9.17, 15) is 0 Å². The van der Waals surface area contributed by atoms with E-state index in [2.05, 4.69) is 21.1 Å². The van der Waals surface area contributed by atoms with Gasteiger partial charge >= 0.3 is 0 Å². The average molecular weight is 212 g/mol. The molecule has 0 spiro atoms. The summed E-state index contributed by atoms with van der Waals surface area (Å²) in [5.74, 6) is 1.60. The number of amidine groups is 2. The molecule has 1 fully saturated rings. The molecule has 0 aromatic rings. The molecule has 2 rings (SSSR count). The summed E-state index contributed by atoms with van der Waals surface area (Å²) in [5, 5.41) is 9.34. The van der Waals surface area contributed by atoms with Crippen molar-refractivity contribution >= 4 is 22.8 Å². The van der Waals surface area contributed by atoms with Crippen LogP contribution in [0.2, 0.25) is 0 Å². The predicted octanol–water partition coefficient (Wildman–Crippen LogP) is 1.71. The summed E-state index contributed by atoms with van der Waals surface area (Å²) in [6.45, 7) is 0. The number of nitrogens with one attached hydrogen (secondary N) is 2. The minimum atomic E-state index is 0.586. The zero-order chi connectivity index (χ0) is 9.80. The van der Waals surface area contributed by atoms with Gasteiger partial charge in [0.05, 0.1) is 0 Å². The number of nitrogens with zero attached hydrogens (tertiary/aromatic N) is 2. The van der Waals surface area contributed by atoms with Crippen LogP contribution in [0, 0.1) is 5.92 Å². The van der Waals surface area contributed by atoms with Gasteiger partial charge in [0.2, 0.25) is 5.17 Å². The van der Waals surface area contributed by atoms with Crippen molar-refractivity contribution in [3.05, 3.63) is 0 Å². The lowest BCUT2D eigenvalue weighted by atomic mass is 9.88. The van der Waals surface area contributed by atoms with Crippen LogP contribution in [0.4, 0.5) is 0 Å². The SMILES string of the molecule is CSC1=NNC(C2CCCCC2)=NN1. The number of rotatable bonds is 1. The summed E-state index contributed by atoms with van der Waals surface area (Å²) >= 11 is 1.56. The van der Waals surface area contributed by atoms with Crippen molar-refractivity contribution < 1.29 is 0 Å². The van der Waals surface area contributed by atoms with Crippen molar-refractivity contribution in [3.63, 3.8) is 0 Å². The van der Waals surface area contributed by atoms with Crippen molar-refractivity contribution in [2.24, 2.45) is 16.1 Å². The van der Waals surface area contributed by atoms with Gasteiger partial charge in [0.1, 0.15) is 5.84 Å². The Kier molecular flexibility index (Phi) is 3.29. The number of hydrazone groups is 2. The third-order valence-electron chi connectivity index (χ3n) is 2.73. The normalized spacial score (nSPS) is 23.2. The summed E-state index contributed by atoms with van der Waals surface area (Å²) in [6, 6.07) is 0. The Morgan fingerprint density at radius 3 is 2.50 bits per heavy atom. The highest BCUT2D eigenvalue weighted by molar-refractivity contribution is 8.13. The molecule has 1 aliphatic heterocycles. The quantitative estimate of drug-likeness (QED) is 0.695. The lowest BCUT2D eigenvalue weighted by Gasteiger charge is -2.24. The third-order valence-corrected chi connectivity index (χ3v) is 3.30. The molecule has 4 nitrogen and oxygen atoms in total. The maximum absolute atomic E-state index is 4.31. The maximum atomic E-state index is 4.31. The van der Waals surface area contributed by atoms with Crippen molar-refractivity contribution in [2.45, 2.75) is 32.1 Å². The van der Waals surface area contributed by atoms with Gasteiger partial charge in [0, 0.05) is 5.92 Å². The number of hydrogen-bond donors (Lipinski definition) is 2. The third kappa shape index (κ3) is 2.20. The van der Waals surface area contributed by atoms with E-state index in [1.54, 1.807) is 11.8 Å². The van der Waals surface area contributed by atoms with Gasteiger partial charge in [-0.05, 0) is 19.1 Å². The molecule has 14 heavy (non-hydrogen) atoms. The molecule has 78 valence electrons. The monoisotopic (exact) mass is 212 g/mol. The minimum Gasteiger partial charge on any atom is -0.261 e. The van der Waals surface area contributed by atoms with E-state index < -0.39 is 0 Å². The Hall–Kier alpha value is -0.710. The van der Waals surface area contributed by atoms with Gasteiger partial charge in [0.15, 0.2) is 0 Å². The number of hydrogen-bond acceptors (Lipinski definition) is 5. The van der Waals surface area contributed by atoms with E-state index in [4.69, 9.17) is 0 Å². The Morgan fingerprint density at radius 1 is 1.14 bits per heavy atom. The highest BCUT2D eigenvalue weighted by Crippen LogP contribution is 2.24. The van der Waals surface area contributed by atoms with Crippen molar-refractivity contribution in [2.75, 3.05) is 6.26 Å². The Bertz CT molecular complexity index is 256. The zero-order valence-electron chi connectivity index (χ0n) is 8.42. The first-order chi connectivity index (χ1) is 6.90. The fourth-order valence-corrected chi connectivity index (χ4v) is 2.19. The van der Waals surface area contributed by atoms with E-state index in [-0.39, 0.29) is 0 Å². The predicted molar refractivity (Wildman–Crippen MR) is 61.2 cm³/mol. The Morgan fingerprint density at radius 2 is 1.93 bits per heavy atom. The van der Waals surface area contributed by atoms with E-state index in [0.717, 1.165) is 11.0 Å². The van der Waals surface area contributed by atoms with E-state index in [1.165, 1.54) is 32.1 Å². The molecule has 1 saturated carbocycles. The second-order valence-electron chi connectivity index (χ2n) is 3.68. The molecule has 2 N–H and O–H groups in total. The van der Waals surface area contributed by atoms with Crippen molar-refractivity contribution in [3.8, 4) is 0 Å². The maximum Gasteiger partial charge on any atom is 0.200 e. The molecule has 2 aliphatic rings. The van der Waals surface area contributed by atoms with Crippen LogP contribution in [-0.4, -0.2) is 17.3 Å². The van der Waals surface area contributed by atoms with Crippen LogP contribution < -0.4 is 10.9 Å². The first-order valence-electron chi connectivity index (χ1n) is 5.11. The fraction of sp³-hybridized carbons (Fsp3) is 0.778. The van der Waals surface area contributed by atoms with E-state index in [0.29, 0.717) is 5.92 Å². The minimum absolute atomic E-state index is 0.586. The van der Waals surface area contributed by atoms with Gasteiger partial charge in [0.25, 0.3) is 0 Å². The molecule has 0 aromatic heterocycles. The zero-order valence-corrected chi connectivity index (χ0v) is 9.23. The largest absolute Gasteiger partial charge is 0.261 e. The van der Waals surface area contributed by atoms with Crippen LogP contribution in [0.3, 0.4) is 0 Å². The lowest BCUT2D eigenvalue weighted by molar-refractivity contribution is 0.430. The van der Waals surface area contributed by atoms with Crippen LogP contribution >= 0.6 is 11.8 Å². The van der Waals surface area contributed by atoms with Gasteiger partial charge in [-0.25, -0.2) is 0 Å². The van der Waals surface area contributed by atoms with Crippen LogP contribution in [-0.2, 0) is 0 Å². The van der Waals surface area contributed by atoms with Gasteiger partial charge in [-0.15, -0.1) is 5.10 Å². The highest BCUT2D eigenvalue weighted by atomic mass is 32.2. The second kappa shape index (κ2) is 4.68. The molecule has 0 radical (unpaired) electrons. The van der Waals surface area contributed by atoms with Crippen LogP contribution in [0.15, 0.2) is 10.2 Å². The average Bonchev–Trinajstić information content (AvgIpc) is 2.30. The Balaban J connectivity index is 1.90. The fourth-order valence-electron chi connectivity index (χ4n) is 1.92. The topological polar surface area (TPSA) is 48.8 Å². The molecule has 5 heteroatoms. The molecule has 0 atom stereocenters. The summed E-state index contributed by atoms with van der Waals surface area (Å²) in [4.78, 5) is 0. The molecule has 0 saturated heterocycles. The summed E-state index contributed by atoms with van der Waals surface area (Å²) in [7, 11) is 0.